The number of carbonyl (C=O) groups is 2. The average Bonchev–Trinajstić information content (AvgIpc) is 3.65. The maximum absolute atomic E-state index is 13.6. The molecule has 0 saturated carbocycles. The lowest BCUT2D eigenvalue weighted by molar-refractivity contribution is -0.132. The van der Waals surface area contributed by atoms with Crippen LogP contribution in [0.5, 0.6) is 17.2 Å². The Labute approximate surface area is 280 Å². The summed E-state index contributed by atoms with van der Waals surface area (Å²) in [4.78, 5) is 28.5. The lowest BCUT2D eigenvalue weighted by Crippen LogP contribution is -2.29. The van der Waals surface area contributed by atoms with Crippen LogP contribution in [0.4, 0.5) is 5.13 Å². The van der Waals surface area contributed by atoms with Crippen LogP contribution in [-0.4, -0.2) is 39.2 Å². The van der Waals surface area contributed by atoms with Crippen molar-refractivity contribution in [2.45, 2.75) is 36.6 Å². The number of phenols is 1. The van der Waals surface area contributed by atoms with E-state index in [0.717, 1.165) is 16.7 Å². The lowest BCUT2D eigenvalue weighted by Gasteiger charge is -2.23. The Bertz CT molecular complexity index is 1970. The Hall–Kier alpha value is -5.13. The molecular formula is C36H31N3O6S2. The molecule has 5 aromatic rings. The Morgan fingerprint density at radius 3 is 2.43 bits per heavy atom. The normalized spacial score (nSPS) is 15.6. The summed E-state index contributed by atoms with van der Waals surface area (Å²) in [6.45, 7) is 4.42. The molecule has 9 nitrogen and oxygen atoms in total. The molecule has 0 spiro atoms. The van der Waals surface area contributed by atoms with Crippen molar-refractivity contribution in [2.24, 2.45) is 0 Å². The minimum absolute atomic E-state index is 0.111. The summed E-state index contributed by atoms with van der Waals surface area (Å²) < 4.78 is 11.9. The summed E-state index contributed by atoms with van der Waals surface area (Å²) in [5.41, 5.74) is 5.08. The number of thioether (sulfide) groups is 1. The number of aromatic nitrogens is 2. The van der Waals surface area contributed by atoms with Crippen molar-refractivity contribution in [2.75, 3.05) is 12.0 Å². The molecule has 6 rings (SSSR count). The standard InChI is InChI=1S/C36H31N3O6S2/c1-21-8-10-23(11-9-21)20-46-36-38-37-35(47-36)39-31(25-14-17-28(40)29(18-25)44-3)30(33(42)34(39)43)32(41)24-12-15-27(16-13-24)45-19-26-7-5-4-6-22(26)2/h4-18,31,40-41H,19-20H2,1-3H3. The fraction of sp³-hybridized carbons (Fsp3) is 0.167. The monoisotopic (exact) mass is 665 g/mol. The summed E-state index contributed by atoms with van der Waals surface area (Å²) in [5, 5.41) is 30.6. The second kappa shape index (κ2) is 13.7. The molecule has 1 aliphatic heterocycles. The number of hydrogen-bond acceptors (Lipinski definition) is 10. The van der Waals surface area contributed by atoms with Crippen molar-refractivity contribution in [3.8, 4) is 17.2 Å². The zero-order chi connectivity index (χ0) is 33.1. The highest BCUT2D eigenvalue weighted by molar-refractivity contribution is 8.00. The third kappa shape index (κ3) is 6.72. The van der Waals surface area contributed by atoms with Crippen molar-refractivity contribution in [1.82, 2.24) is 10.2 Å². The van der Waals surface area contributed by atoms with Crippen LogP contribution in [0.2, 0.25) is 0 Å². The van der Waals surface area contributed by atoms with E-state index >= 15 is 0 Å². The maximum Gasteiger partial charge on any atom is 0.301 e. The number of carbonyl (C=O) groups excluding carboxylic acids is 2. The number of benzene rings is 4. The zero-order valence-electron chi connectivity index (χ0n) is 25.8. The fourth-order valence-corrected chi connectivity index (χ4v) is 7.02. The number of ketones is 1. The first-order valence-corrected chi connectivity index (χ1v) is 16.5. The highest BCUT2D eigenvalue weighted by Gasteiger charge is 2.48. The van der Waals surface area contributed by atoms with E-state index < -0.39 is 17.7 Å². The number of rotatable bonds is 10. The Balaban J connectivity index is 1.33. The van der Waals surface area contributed by atoms with Gasteiger partial charge in [0.15, 0.2) is 15.8 Å². The van der Waals surface area contributed by atoms with Crippen LogP contribution in [0.1, 0.15) is 39.4 Å². The molecule has 11 heteroatoms. The molecule has 2 heterocycles. The molecule has 0 radical (unpaired) electrons. The molecule has 1 aliphatic rings. The SMILES string of the molecule is COc1cc(C2C(=C(O)c3ccc(OCc4ccccc4C)cc3)C(=O)C(=O)N2c2nnc(SCc3ccc(C)cc3)s2)ccc1O. The zero-order valence-corrected chi connectivity index (χ0v) is 27.5. The number of phenolic OH excluding ortho intramolecular Hbond substituents is 1. The van der Waals surface area contributed by atoms with Crippen LogP contribution >= 0.6 is 23.1 Å². The van der Waals surface area contributed by atoms with Crippen LogP contribution in [0.3, 0.4) is 0 Å². The number of aliphatic hydroxyl groups is 1. The number of anilines is 1. The van der Waals surface area contributed by atoms with Gasteiger partial charge >= 0.3 is 5.91 Å². The quantitative estimate of drug-likeness (QED) is 0.0518. The minimum Gasteiger partial charge on any atom is -0.507 e. The summed E-state index contributed by atoms with van der Waals surface area (Å²) in [5.74, 6) is -0.815. The topological polar surface area (TPSA) is 122 Å². The van der Waals surface area contributed by atoms with Gasteiger partial charge in [-0.3, -0.25) is 14.5 Å². The van der Waals surface area contributed by atoms with Gasteiger partial charge in [-0.25, -0.2) is 0 Å². The van der Waals surface area contributed by atoms with E-state index in [0.29, 0.717) is 33.6 Å². The molecule has 0 aliphatic carbocycles. The van der Waals surface area contributed by atoms with E-state index in [4.69, 9.17) is 9.47 Å². The number of hydrogen-bond donors (Lipinski definition) is 2. The van der Waals surface area contributed by atoms with Gasteiger partial charge in [0.25, 0.3) is 5.78 Å². The van der Waals surface area contributed by atoms with Crippen molar-refractivity contribution in [3.63, 3.8) is 0 Å². The van der Waals surface area contributed by atoms with Gasteiger partial charge < -0.3 is 19.7 Å². The van der Waals surface area contributed by atoms with Gasteiger partial charge in [-0.1, -0.05) is 83.3 Å². The highest BCUT2D eigenvalue weighted by Crippen LogP contribution is 2.45. The van der Waals surface area contributed by atoms with E-state index in [1.807, 2.05) is 62.4 Å². The van der Waals surface area contributed by atoms with Gasteiger partial charge in [-0.05, 0) is 72.5 Å². The largest absolute Gasteiger partial charge is 0.507 e. The van der Waals surface area contributed by atoms with Crippen molar-refractivity contribution < 1.29 is 29.3 Å². The van der Waals surface area contributed by atoms with E-state index in [1.54, 1.807) is 30.3 Å². The second-order valence-corrected chi connectivity index (χ2v) is 13.1. The van der Waals surface area contributed by atoms with Crippen molar-refractivity contribution in [3.05, 3.63) is 130 Å². The molecule has 1 fully saturated rings. The molecule has 47 heavy (non-hydrogen) atoms. The van der Waals surface area contributed by atoms with Crippen molar-refractivity contribution in [1.29, 1.82) is 0 Å². The molecule has 2 N–H and O–H groups in total. The van der Waals surface area contributed by atoms with Crippen LogP contribution in [0.15, 0.2) is 101 Å². The predicted molar refractivity (Wildman–Crippen MR) is 182 cm³/mol. The maximum atomic E-state index is 13.6. The van der Waals surface area contributed by atoms with Crippen molar-refractivity contribution >= 4 is 45.7 Å². The van der Waals surface area contributed by atoms with E-state index in [1.165, 1.54) is 52.8 Å². The summed E-state index contributed by atoms with van der Waals surface area (Å²) in [7, 11) is 1.40. The van der Waals surface area contributed by atoms with E-state index in [2.05, 4.69) is 10.2 Å². The first-order chi connectivity index (χ1) is 22.7. The number of methoxy groups -OCH3 is 1. The Kier molecular flexibility index (Phi) is 9.28. The first kappa shape index (κ1) is 31.8. The Morgan fingerprint density at radius 2 is 1.70 bits per heavy atom. The summed E-state index contributed by atoms with van der Waals surface area (Å²) in [6.07, 6.45) is 0. The second-order valence-electron chi connectivity index (χ2n) is 11.0. The molecule has 4 aromatic carbocycles. The number of nitrogens with zero attached hydrogens (tertiary/aromatic N) is 3. The summed E-state index contributed by atoms with van der Waals surface area (Å²) >= 11 is 2.65. The van der Waals surface area contributed by atoms with Crippen LogP contribution in [0.25, 0.3) is 5.76 Å². The smallest absolute Gasteiger partial charge is 0.301 e. The summed E-state index contributed by atoms with van der Waals surface area (Å²) in [6, 6.07) is 26.2. The Morgan fingerprint density at radius 1 is 0.957 bits per heavy atom. The average molecular weight is 666 g/mol. The van der Waals surface area contributed by atoms with E-state index in [-0.39, 0.29) is 28.0 Å². The van der Waals surface area contributed by atoms with Gasteiger partial charge in [-0.2, -0.15) is 0 Å². The fourth-order valence-electron chi connectivity index (χ4n) is 5.19. The number of ether oxygens (including phenoxy) is 2. The predicted octanol–water partition coefficient (Wildman–Crippen LogP) is 7.37. The molecule has 1 aromatic heterocycles. The molecule has 1 amide bonds. The number of Topliss-reactive ketones (excluding diaryl/α,β-unsaturated/α-hetero) is 1. The molecule has 1 unspecified atom stereocenters. The van der Waals surface area contributed by atoms with Gasteiger partial charge in [0, 0.05) is 11.3 Å². The highest BCUT2D eigenvalue weighted by atomic mass is 32.2. The van der Waals surface area contributed by atoms with E-state index in [9.17, 15) is 19.8 Å². The molecule has 1 saturated heterocycles. The number of aliphatic hydroxyl groups excluding tert-OH is 1. The third-order valence-corrected chi connectivity index (χ3v) is 9.96. The molecule has 1 atom stereocenters. The van der Waals surface area contributed by atoms with Gasteiger partial charge in [0.05, 0.1) is 18.7 Å². The number of aromatic hydroxyl groups is 1. The molecule has 0 bridgehead atoms. The van der Waals surface area contributed by atoms with Gasteiger partial charge in [0.2, 0.25) is 5.13 Å². The molecular weight excluding hydrogens is 635 g/mol. The first-order valence-electron chi connectivity index (χ1n) is 14.7. The third-order valence-electron chi connectivity index (χ3n) is 7.83. The minimum atomic E-state index is -1.07. The van der Waals surface area contributed by atoms with Crippen LogP contribution in [0, 0.1) is 13.8 Å². The number of aryl methyl sites for hydroxylation is 2. The van der Waals surface area contributed by atoms with Crippen LogP contribution in [-0.2, 0) is 21.9 Å². The van der Waals surface area contributed by atoms with Crippen LogP contribution < -0.4 is 14.4 Å². The van der Waals surface area contributed by atoms with Gasteiger partial charge in [0.1, 0.15) is 18.1 Å². The molecule has 238 valence electrons. The number of amides is 1. The van der Waals surface area contributed by atoms with Gasteiger partial charge in [-0.15, -0.1) is 10.2 Å². The lowest BCUT2D eigenvalue weighted by atomic mass is 9.95.